The standard InChI is InChI=1S/C15H17N3O2/c1-2-20-15(19)12-6-7-14(18-11-12)17-10-8-13-5-3-4-9-16-13/h3-7,9,11H,2,8,10H2,1H3,(H,17,18). The second kappa shape index (κ2) is 7.23. The van der Waals surface area contributed by atoms with Gasteiger partial charge in [-0.1, -0.05) is 6.07 Å². The molecule has 1 N–H and O–H groups in total. The lowest BCUT2D eigenvalue weighted by Crippen LogP contribution is -2.09. The Labute approximate surface area is 118 Å². The highest BCUT2D eigenvalue weighted by molar-refractivity contribution is 5.89. The van der Waals surface area contributed by atoms with Gasteiger partial charge in [0.05, 0.1) is 12.2 Å². The summed E-state index contributed by atoms with van der Waals surface area (Å²) in [5.74, 6) is 0.383. The van der Waals surface area contributed by atoms with Gasteiger partial charge < -0.3 is 10.1 Å². The quantitative estimate of drug-likeness (QED) is 0.817. The summed E-state index contributed by atoms with van der Waals surface area (Å²) in [4.78, 5) is 19.9. The van der Waals surface area contributed by atoms with Gasteiger partial charge in [-0.2, -0.15) is 0 Å². The monoisotopic (exact) mass is 271 g/mol. The van der Waals surface area contributed by atoms with Crippen LogP contribution in [0.3, 0.4) is 0 Å². The van der Waals surface area contributed by atoms with Crippen LogP contribution in [0.2, 0.25) is 0 Å². The smallest absolute Gasteiger partial charge is 0.339 e. The van der Waals surface area contributed by atoms with Crippen molar-refractivity contribution >= 4 is 11.8 Å². The molecule has 0 saturated heterocycles. The molecule has 0 atom stereocenters. The highest BCUT2D eigenvalue weighted by Crippen LogP contribution is 2.06. The molecule has 2 aromatic heterocycles. The summed E-state index contributed by atoms with van der Waals surface area (Å²) in [5, 5.41) is 3.19. The van der Waals surface area contributed by atoms with Crippen LogP contribution in [0.5, 0.6) is 0 Å². The highest BCUT2D eigenvalue weighted by atomic mass is 16.5. The van der Waals surface area contributed by atoms with E-state index >= 15 is 0 Å². The van der Waals surface area contributed by atoms with Gasteiger partial charge in [-0.25, -0.2) is 9.78 Å². The molecule has 0 saturated carbocycles. The molecule has 0 radical (unpaired) electrons. The van der Waals surface area contributed by atoms with Gasteiger partial charge >= 0.3 is 5.97 Å². The molecule has 0 amide bonds. The summed E-state index contributed by atoms with van der Waals surface area (Å²) in [6, 6.07) is 9.32. The van der Waals surface area contributed by atoms with Gasteiger partial charge in [0.1, 0.15) is 5.82 Å². The number of ether oxygens (including phenoxy) is 1. The number of hydrogen-bond donors (Lipinski definition) is 1. The van der Waals surface area contributed by atoms with Crippen LogP contribution in [-0.2, 0) is 11.2 Å². The van der Waals surface area contributed by atoms with E-state index in [9.17, 15) is 4.79 Å². The van der Waals surface area contributed by atoms with E-state index < -0.39 is 0 Å². The summed E-state index contributed by atoms with van der Waals surface area (Å²) in [7, 11) is 0. The van der Waals surface area contributed by atoms with Crippen molar-refractivity contribution in [3.8, 4) is 0 Å². The average molecular weight is 271 g/mol. The number of aromatic nitrogens is 2. The number of rotatable bonds is 6. The van der Waals surface area contributed by atoms with Crippen LogP contribution < -0.4 is 5.32 Å². The lowest BCUT2D eigenvalue weighted by molar-refractivity contribution is 0.0526. The molecule has 5 nitrogen and oxygen atoms in total. The van der Waals surface area contributed by atoms with Gasteiger partial charge in [0.25, 0.3) is 0 Å². The third-order valence-electron chi connectivity index (χ3n) is 2.69. The molecule has 104 valence electrons. The molecule has 0 bridgehead atoms. The van der Waals surface area contributed by atoms with Crippen LogP contribution >= 0.6 is 0 Å². The first-order valence-electron chi connectivity index (χ1n) is 6.56. The zero-order chi connectivity index (χ0) is 14.2. The second-order valence-electron chi connectivity index (χ2n) is 4.15. The Morgan fingerprint density at radius 3 is 2.80 bits per heavy atom. The molecular formula is C15H17N3O2. The van der Waals surface area contributed by atoms with Crippen molar-refractivity contribution < 1.29 is 9.53 Å². The van der Waals surface area contributed by atoms with Crippen LogP contribution in [0.15, 0.2) is 42.7 Å². The lowest BCUT2D eigenvalue weighted by Gasteiger charge is -2.06. The Bertz CT molecular complexity index is 541. The number of anilines is 1. The predicted molar refractivity (Wildman–Crippen MR) is 76.6 cm³/mol. The maximum Gasteiger partial charge on any atom is 0.339 e. The van der Waals surface area contributed by atoms with Crippen LogP contribution in [-0.4, -0.2) is 29.1 Å². The number of pyridine rings is 2. The average Bonchev–Trinajstić information content (AvgIpc) is 2.49. The SMILES string of the molecule is CCOC(=O)c1ccc(NCCc2ccccn2)nc1. The van der Waals surface area contributed by atoms with Gasteiger partial charge in [0, 0.05) is 31.1 Å². The number of hydrogen-bond acceptors (Lipinski definition) is 5. The lowest BCUT2D eigenvalue weighted by atomic mass is 10.2. The van der Waals surface area contributed by atoms with Crippen LogP contribution in [0.25, 0.3) is 0 Å². The molecule has 5 heteroatoms. The number of nitrogens with zero attached hydrogens (tertiary/aromatic N) is 2. The second-order valence-corrected chi connectivity index (χ2v) is 4.15. The summed E-state index contributed by atoms with van der Waals surface area (Å²) in [6.07, 6.45) is 4.12. The van der Waals surface area contributed by atoms with Crippen molar-refractivity contribution in [2.75, 3.05) is 18.5 Å². The fourth-order valence-electron chi connectivity index (χ4n) is 1.70. The van der Waals surface area contributed by atoms with E-state index in [1.165, 1.54) is 6.20 Å². The van der Waals surface area contributed by atoms with Crippen LogP contribution in [0.4, 0.5) is 5.82 Å². The molecule has 0 spiro atoms. The van der Waals surface area contributed by atoms with E-state index in [1.807, 2.05) is 18.2 Å². The minimum atomic E-state index is -0.347. The van der Waals surface area contributed by atoms with Crippen molar-refractivity contribution in [1.29, 1.82) is 0 Å². The van der Waals surface area contributed by atoms with Crippen molar-refractivity contribution in [2.24, 2.45) is 0 Å². The molecule has 2 aromatic rings. The first kappa shape index (κ1) is 14.0. The van der Waals surface area contributed by atoms with Gasteiger partial charge in [-0.05, 0) is 31.2 Å². The maximum atomic E-state index is 11.5. The molecule has 0 aliphatic carbocycles. The molecule has 0 unspecified atom stereocenters. The predicted octanol–water partition coefficient (Wildman–Crippen LogP) is 2.31. The molecule has 0 aromatic carbocycles. The number of nitrogens with one attached hydrogen (secondary N) is 1. The van der Waals surface area contributed by atoms with E-state index in [2.05, 4.69) is 15.3 Å². The minimum absolute atomic E-state index is 0.347. The van der Waals surface area contributed by atoms with E-state index in [0.29, 0.717) is 12.2 Å². The normalized spacial score (nSPS) is 10.1. The van der Waals surface area contributed by atoms with Crippen LogP contribution in [0.1, 0.15) is 23.0 Å². The molecule has 0 aliphatic rings. The fourth-order valence-corrected chi connectivity index (χ4v) is 1.70. The van der Waals surface area contributed by atoms with Crippen molar-refractivity contribution in [1.82, 2.24) is 9.97 Å². The van der Waals surface area contributed by atoms with E-state index in [4.69, 9.17) is 4.74 Å². The summed E-state index contributed by atoms with van der Waals surface area (Å²) < 4.78 is 4.90. The topological polar surface area (TPSA) is 64.1 Å². The Morgan fingerprint density at radius 1 is 1.25 bits per heavy atom. The first-order chi connectivity index (χ1) is 9.79. The third-order valence-corrected chi connectivity index (χ3v) is 2.69. The molecule has 20 heavy (non-hydrogen) atoms. The number of carbonyl (C=O) groups excluding carboxylic acids is 1. The third kappa shape index (κ3) is 4.05. The summed E-state index contributed by atoms with van der Waals surface area (Å²) >= 11 is 0. The molecule has 0 fully saturated rings. The minimum Gasteiger partial charge on any atom is -0.462 e. The Balaban J connectivity index is 1.83. The molecule has 2 rings (SSSR count). The van der Waals surface area contributed by atoms with Crippen molar-refractivity contribution in [2.45, 2.75) is 13.3 Å². The van der Waals surface area contributed by atoms with Crippen molar-refractivity contribution in [3.05, 3.63) is 54.0 Å². The Kier molecular flexibility index (Phi) is 5.06. The fraction of sp³-hybridized carbons (Fsp3) is 0.267. The maximum absolute atomic E-state index is 11.5. The Hall–Kier alpha value is -2.43. The van der Waals surface area contributed by atoms with Crippen LogP contribution in [0, 0.1) is 0 Å². The van der Waals surface area contributed by atoms with E-state index in [0.717, 1.165) is 24.5 Å². The molecule has 2 heterocycles. The van der Waals surface area contributed by atoms with E-state index in [1.54, 1.807) is 25.3 Å². The van der Waals surface area contributed by atoms with E-state index in [-0.39, 0.29) is 5.97 Å². The number of esters is 1. The summed E-state index contributed by atoms with van der Waals surface area (Å²) in [6.45, 7) is 2.88. The van der Waals surface area contributed by atoms with Gasteiger partial charge in [-0.3, -0.25) is 4.98 Å². The highest BCUT2D eigenvalue weighted by Gasteiger charge is 2.06. The van der Waals surface area contributed by atoms with Gasteiger partial charge in [-0.15, -0.1) is 0 Å². The summed E-state index contributed by atoms with van der Waals surface area (Å²) in [5.41, 5.74) is 1.49. The Morgan fingerprint density at radius 2 is 2.15 bits per heavy atom. The van der Waals surface area contributed by atoms with Gasteiger partial charge in [0.15, 0.2) is 0 Å². The van der Waals surface area contributed by atoms with Crippen molar-refractivity contribution in [3.63, 3.8) is 0 Å². The van der Waals surface area contributed by atoms with Gasteiger partial charge in [0.2, 0.25) is 0 Å². The molecule has 0 aliphatic heterocycles. The first-order valence-corrected chi connectivity index (χ1v) is 6.56. The zero-order valence-electron chi connectivity index (χ0n) is 11.4. The largest absolute Gasteiger partial charge is 0.462 e. The number of carbonyl (C=O) groups is 1. The molecular weight excluding hydrogens is 254 g/mol. The zero-order valence-corrected chi connectivity index (χ0v) is 11.4.